The lowest BCUT2D eigenvalue weighted by molar-refractivity contribution is -0.645. The number of hydrogen-bond acceptors (Lipinski definition) is 3. The molecule has 130 valence electrons. The molecule has 24 heavy (non-hydrogen) atoms. The van der Waals surface area contributed by atoms with Crippen molar-refractivity contribution < 1.29 is 9.52 Å². The van der Waals surface area contributed by atoms with E-state index in [0.29, 0.717) is 5.03 Å². The molecule has 2 atom stereocenters. The van der Waals surface area contributed by atoms with Crippen LogP contribution in [-0.4, -0.2) is 23.1 Å². The Hall–Kier alpha value is -0.940. The first-order valence-electron chi connectivity index (χ1n) is 8.72. The van der Waals surface area contributed by atoms with Gasteiger partial charge in [-0.3, -0.25) is 4.79 Å². The SMILES string of the molecule is O=C(CSc1cccc[n+]1[O-])NCC12C[C@H]3C[C@@H](CC(Cl)(C3)C1)C2. The van der Waals surface area contributed by atoms with Crippen molar-refractivity contribution in [1.82, 2.24) is 5.32 Å². The molecule has 6 heteroatoms. The predicted molar refractivity (Wildman–Crippen MR) is 94.8 cm³/mol. The number of halogens is 1. The summed E-state index contributed by atoms with van der Waals surface area (Å²) in [6.45, 7) is 0.736. The zero-order chi connectivity index (χ0) is 16.8. The highest BCUT2D eigenvalue weighted by Gasteiger charge is 2.56. The summed E-state index contributed by atoms with van der Waals surface area (Å²) in [6.07, 6.45) is 8.58. The standard InChI is InChI=1S/C18H23ClN2O2S/c19-18-8-13-5-14(9-18)7-17(6-13,11-18)12-20-15(22)10-24-16-3-1-2-4-21(16)23/h1-4,13-14H,5-12H2,(H,20,22)/t13-,14-,17?,18?/m1/s1. The number of carbonyl (C=O) groups excluding carboxylic acids is 1. The summed E-state index contributed by atoms with van der Waals surface area (Å²) in [4.78, 5) is 12.2. The van der Waals surface area contributed by atoms with Crippen LogP contribution in [0.1, 0.15) is 38.5 Å². The van der Waals surface area contributed by atoms with Crippen LogP contribution in [0.25, 0.3) is 0 Å². The van der Waals surface area contributed by atoms with Crippen LogP contribution < -0.4 is 10.0 Å². The van der Waals surface area contributed by atoms with Crippen LogP contribution in [0.3, 0.4) is 0 Å². The van der Waals surface area contributed by atoms with E-state index >= 15 is 0 Å². The second-order valence-corrected chi connectivity index (χ2v) is 9.84. The van der Waals surface area contributed by atoms with Crippen LogP contribution in [-0.2, 0) is 4.79 Å². The minimum absolute atomic E-state index is 0.00298. The normalized spacial score (nSPS) is 36.7. The Morgan fingerprint density at radius 1 is 1.33 bits per heavy atom. The Morgan fingerprint density at radius 3 is 2.75 bits per heavy atom. The van der Waals surface area contributed by atoms with Crippen LogP contribution in [0.5, 0.6) is 0 Å². The van der Waals surface area contributed by atoms with Gasteiger partial charge >= 0.3 is 0 Å². The van der Waals surface area contributed by atoms with E-state index in [9.17, 15) is 10.0 Å². The van der Waals surface area contributed by atoms with E-state index in [1.807, 2.05) is 6.07 Å². The first-order valence-corrected chi connectivity index (χ1v) is 10.1. The number of nitrogens with zero attached hydrogens (tertiary/aromatic N) is 1. The number of rotatable bonds is 5. The average Bonchev–Trinajstić information content (AvgIpc) is 2.50. The van der Waals surface area contributed by atoms with Gasteiger partial charge in [0.15, 0.2) is 6.20 Å². The molecule has 0 radical (unpaired) electrons. The highest BCUT2D eigenvalue weighted by molar-refractivity contribution is 7.99. The maximum atomic E-state index is 12.2. The Morgan fingerprint density at radius 2 is 2.08 bits per heavy atom. The monoisotopic (exact) mass is 366 g/mol. The van der Waals surface area contributed by atoms with Gasteiger partial charge in [0.1, 0.15) is 0 Å². The Labute approximate surface area is 151 Å². The molecule has 0 spiro atoms. The Bertz CT molecular complexity index is 640. The van der Waals surface area contributed by atoms with Gasteiger partial charge in [-0.15, -0.1) is 11.6 Å². The smallest absolute Gasteiger partial charge is 0.251 e. The molecule has 1 aromatic rings. The highest BCUT2D eigenvalue weighted by atomic mass is 35.5. The minimum Gasteiger partial charge on any atom is -0.618 e. The topological polar surface area (TPSA) is 56.0 Å². The van der Waals surface area contributed by atoms with Gasteiger partial charge in [0, 0.05) is 23.6 Å². The fourth-order valence-corrected chi connectivity index (χ4v) is 7.01. The van der Waals surface area contributed by atoms with Crippen LogP contribution in [0, 0.1) is 22.5 Å². The third-order valence-electron chi connectivity index (χ3n) is 5.91. The molecule has 4 nitrogen and oxygen atoms in total. The molecular formula is C18H23ClN2O2S. The van der Waals surface area contributed by atoms with Gasteiger partial charge in [-0.2, -0.15) is 4.73 Å². The summed E-state index contributed by atoms with van der Waals surface area (Å²) in [6, 6.07) is 5.23. The fraction of sp³-hybridized carbons (Fsp3) is 0.667. The summed E-state index contributed by atoms with van der Waals surface area (Å²) >= 11 is 8.12. The second-order valence-electron chi connectivity index (χ2n) is 8.04. The molecule has 1 heterocycles. The fourth-order valence-electron chi connectivity index (χ4n) is 5.54. The summed E-state index contributed by atoms with van der Waals surface area (Å²) in [5.74, 6) is 1.78. The number of nitrogens with one attached hydrogen (secondary N) is 1. The number of pyridine rings is 1. The summed E-state index contributed by atoms with van der Waals surface area (Å²) in [7, 11) is 0. The molecule has 0 saturated heterocycles. The molecule has 1 amide bonds. The summed E-state index contributed by atoms with van der Waals surface area (Å²) in [5, 5.41) is 15.3. The van der Waals surface area contributed by atoms with Crippen LogP contribution in [0.2, 0.25) is 0 Å². The molecule has 1 N–H and O–H groups in total. The molecule has 4 fully saturated rings. The van der Waals surface area contributed by atoms with Gasteiger partial charge in [0.2, 0.25) is 5.91 Å². The molecule has 4 saturated carbocycles. The number of aromatic nitrogens is 1. The number of carbonyl (C=O) groups is 1. The molecule has 1 aromatic heterocycles. The Balaban J connectivity index is 1.32. The lowest BCUT2D eigenvalue weighted by atomic mass is 9.49. The molecule has 0 aliphatic heterocycles. The average molecular weight is 367 g/mol. The maximum absolute atomic E-state index is 12.2. The van der Waals surface area contributed by atoms with Crippen molar-refractivity contribution >= 4 is 29.3 Å². The van der Waals surface area contributed by atoms with E-state index in [1.165, 1.54) is 37.2 Å². The third kappa shape index (κ3) is 3.25. The van der Waals surface area contributed by atoms with Crippen molar-refractivity contribution in [1.29, 1.82) is 0 Å². The van der Waals surface area contributed by atoms with E-state index in [2.05, 4.69) is 5.32 Å². The van der Waals surface area contributed by atoms with Gasteiger partial charge in [-0.25, -0.2) is 0 Å². The quantitative estimate of drug-likeness (QED) is 0.377. The van der Waals surface area contributed by atoms with E-state index < -0.39 is 0 Å². The molecule has 0 aromatic carbocycles. The van der Waals surface area contributed by atoms with Gasteiger partial charge in [0.25, 0.3) is 5.03 Å². The number of amides is 1. The zero-order valence-corrected chi connectivity index (χ0v) is 15.2. The third-order valence-corrected chi connectivity index (χ3v) is 7.37. The predicted octanol–water partition coefficient (Wildman–Crippen LogP) is 3.11. The van der Waals surface area contributed by atoms with Crippen molar-refractivity contribution in [3.63, 3.8) is 0 Å². The molecule has 0 unspecified atom stereocenters. The molecular weight excluding hydrogens is 344 g/mol. The van der Waals surface area contributed by atoms with Crippen molar-refractivity contribution in [3.8, 4) is 0 Å². The maximum Gasteiger partial charge on any atom is 0.251 e. The molecule has 5 rings (SSSR count). The van der Waals surface area contributed by atoms with Crippen molar-refractivity contribution in [2.45, 2.75) is 48.4 Å². The first-order chi connectivity index (χ1) is 11.5. The van der Waals surface area contributed by atoms with Crippen LogP contribution >= 0.6 is 23.4 Å². The lowest BCUT2D eigenvalue weighted by Gasteiger charge is -2.60. The van der Waals surface area contributed by atoms with E-state index in [0.717, 1.165) is 42.4 Å². The van der Waals surface area contributed by atoms with Crippen molar-refractivity contribution in [3.05, 3.63) is 29.6 Å². The Kier molecular flexibility index (Phi) is 4.20. The largest absolute Gasteiger partial charge is 0.618 e. The van der Waals surface area contributed by atoms with Gasteiger partial charge in [0.05, 0.1) is 5.75 Å². The second kappa shape index (κ2) is 6.10. The van der Waals surface area contributed by atoms with Gasteiger partial charge < -0.3 is 10.5 Å². The summed E-state index contributed by atoms with van der Waals surface area (Å²) < 4.78 is 0.800. The first kappa shape index (κ1) is 16.5. The van der Waals surface area contributed by atoms with E-state index in [4.69, 9.17) is 11.6 Å². The van der Waals surface area contributed by atoms with E-state index in [1.54, 1.807) is 12.1 Å². The molecule has 4 bridgehead atoms. The van der Waals surface area contributed by atoms with E-state index in [-0.39, 0.29) is 21.9 Å². The van der Waals surface area contributed by atoms with Crippen LogP contribution in [0.15, 0.2) is 29.4 Å². The molecule has 4 aliphatic rings. The molecule has 4 aliphatic carbocycles. The van der Waals surface area contributed by atoms with Gasteiger partial charge in [-0.1, -0.05) is 0 Å². The highest BCUT2D eigenvalue weighted by Crippen LogP contribution is 2.63. The van der Waals surface area contributed by atoms with Crippen molar-refractivity contribution in [2.75, 3.05) is 12.3 Å². The summed E-state index contributed by atoms with van der Waals surface area (Å²) in [5.41, 5.74) is 0.206. The number of hydrogen-bond donors (Lipinski definition) is 1. The van der Waals surface area contributed by atoms with Gasteiger partial charge in [-0.05, 0) is 73.6 Å². The number of alkyl halides is 1. The van der Waals surface area contributed by atoms with Crippen LogP contribution in [0.4, 0.5) is 0 Å². The number of thioether (sulfide) groups is 1. The minimum atomic E-state index is -0.0122. The van der Waals surface area contributed by atoms with Crippen molar-refractivity contribution in [2.24, 2.45) is 17.3 Å². The lowest BCUT2D eigenvalue weighted by Crippen LogP contribution is -2.56. The zero-order valence-electron chi connectivity index (χ0n) is 13.7.